The molecule has 3 aromatic rings. The largest absolute Gasteiger partial charge is 0.338 e. The minimum Gasteiger partial charge on any atom is -0.338 e. The average molecular weight is 397 g/mol. The second-order valence-electron chi connectivity index (χ2n) is 6.71. The molecular weight excluding hydrogens is 376 g/mol. The molecule has 1 aliphatic rings. The number of aromatic nitrogens is 1. The third-order valence-electron chi connectivity index (χ3n) is 4.93. The molecule has 0 unspecified atom stereocenters. The predicted molar refractivity (Wildman–Crippen MR) is 110 cm³/mol. The van der Waals surface area contributed by atoms with E-state index in [2.05, 4.69) is 4.98 Å². The molecule has 2 aromatic heterocycles. The number of Topliss-reactive ketones (excluding diaryl/α,β-unsaturated/α-hetero) is 1. The highest BCUT2D eigenvalue weighted by atomic mass is 32.1. The number of thiazole rings is 1. The van der Waals surface area contributed by atoms with Gasteiger partial charge < -0.3 is 4.90 Å². The molecule has 1 fully saturated rings. The molecule has 4 rings (SSSR count). The first-order valence-electron chi connectivity index (χ1n) is 9.03. The molecule has 0 spiro atoms. The van der Waals surface area contributed by atoms with E-state index in [0.717, 1.165) is 34.0 Å². The number of hydrogen-bond acceptors (Lipinski definition) is 5. The highest BCUT2D eigenvalue weighted by molar-refractivity contribution is 7.22. The van der Waals surface area contributed by atoms with Crippen LogP contribution < -0.4 is 0 Å². The van der Waals surface area contributed by atoms with Gasteiger partial charge >= 0.3 is 0 Å². The fourth-order valence-corrected chi connectivity index (χ4v) is 5.26. The Balaban J connectivity index is 1.43. The summed E-state index contributed by atoms with van der Waals surface area (Å²) in [5.74, 6) is 0.232. The van der Waals surface area contributed by atoms with Crippen molar-refractivity contribution in [2.24, 2.45) is 5.92 Å². The van der Waals surface area contributed by atoms with E-state index in [0.29, 0.717) is 18.0 Å². The summed E-state index contributed by atoms with van der Waals surface area (Å²) >= 11 is 3.10. The van der Waals surface area contributed by atoms with Crippen molar-refractivity contribution in [1.82, 2.24) is 9.88 Å². The monoisotopic (exact) mass is 396 g/mol. The van der Waals surface area contributed by atoms with E-state index in [4.69, 9.17) is 0 Å². The summed E-state index contributed by atoms with van der Waals surface area (Å²) < 4.78 is 0. The molecule has 1 aliphatic heterocycles. The van der Waals surface area contributed by atoms with Gasteiger partial charge in [-0.05, 0) is 31.2 Å². The molecule has 6 heteroatoms. The van der Waals surface area contributed by atoms with Gasteiger partial charge in [0, 0.05) is 24.6 Å². The summed E-state index contributed by atoms with van der Waals surface area (Å²) in [5, 5.41) is 2.92. The van der Waals surface area contributed by atoms with Crippen molar-refractivity contribution < 1.29 is 9.59 Å². The summed E-state index contributed by atoms with van der Waals surface area (Å²) in [6, 6.07) is 13.5. The lowest BCUT2D eigenvalue weighted by molar-refractivity contribution is 0.0653. The van der Waals surface area contributed by atoms with E-state index >= 15 is 0 Å². The SMILES string of the molecule is Cc1nc(-c2cccs2)sc1C(=O)N1CCC(C(=O)c2ccccc2)CC1. The number of piperidine rings is 1. The Kier molecular flexibility index (Phi) is 5.18. The fraction of sp³-hybridized carbons (Fsp3) is 0.286. The molecule has 0 atom stereocenters. The van der Waals surface area contributed by atoms with Crippen molar-refractivity contribution in [3.63, 3.8) is 0 Å². The van der Waals surface area contributed by atoms with Crippen LogP contribution in [0.3, 0.4) is 0 Å². The van der Waals surface area contributed by atoms with Crippen LogP contribution in [0.4, 0.5) is 0 Å². The lowest BCUT2D eigenvalue weighted by Gasteiger charge is -2.31. The van der Waals surface area contributed by atoms with Gasteiger partial charge in [0.15, 0.2) is 5.78 Å². The van der Waals surface area contributed by atoms with Crippen molar-refractivity contribution >= 4 is 34.4 Å². The third-order valence-corrected chi connectivity index (χ3v) is 7.12. The van der Waals surface area contributed by atoms with Crippen molar-refractivity contribution in [2.45, 2.75) is 19.8 Å². The third kappa shape index (κ3) is 3.73. The van der Waals surface area contributed by atoms with E-state index in [1.807, 2.05) is 59.7 Å². The van der Waals surface area contributed by atoms with Crippen LogP contribution >= 0.6 is 22.7 Å². The number of carbonyl (C=O) groups excluding carboxylic acids is 2. The van der Waals surface area contributed by atoms with Crippen molar-refractivity contribution in [1.29, 1.82) is 0 Å². The number of amides is 1. The average Bonchev–Trinajstić information content (AvgIpc) is 3.37. The van der Waals surface area contributed by atoms with E-state index in [9.17, 15) is 9.59 Å². The van der Waals surface area contributed by atoms with Gasteiger partial charge in [-0.3, -0.25) is 9.59 Å². The number of rotatable bonds is 4. The Labute approximate surface area is 166 Å². The van der Waals surface area contributed by atoms with Crippen LogP contribution in [0.1, 0.15) is 38.6 Å². The standard InChI is InChI=1S/C21H20N2O2S2/c1-14-19(27-20(22-14)17-8-5-13-26-17)21(25)23-11-9-16(10-12-23)18(24)15-6-3-2-4-7-15/h2-8,13,16H,9-12H2,1H3. The molecule has 0 saturated carbocycles. The molecule has 1 aromatic carbocycles. The molecule has 1 amide bonds. The maximum absolute atomic E-state index is 13.0. The van der Waals surface area contributed by atoms with Crippen molar-refractivity contribution in [3.05, 3.63) is 64.0 Å². The number of nitrogens with zero attached hydrogens (tertiary/aromatic N) is 2. The molecule has 0 N–H and O–H groups in total. The topological polar surface area (TPSA) is 50.3 Å². The zero-order chi connectivity index (χ0) is 18.8. The number of ketones is 1. The van der Waals surface area contributed by atoms with Crippen molar-refractivity contribution in [3.8, 4) is 9.88 Å². The lowest BCUT2D eigenvalue weighted by Crippen LogP contribution is -2.40. The summed E-state index contributed by atoms with van der Waals surface area (Å²) in [4.78, 5) is 33.8. The van der Waals surface area contributed by atoms with Crippen LogP contribution in [0.2, 0.25) is 0 Å². The van der Waals surface area contributed by atoms with Gasteiger partial charge in [-0.15, -0.1) is 22.7 Å². The maximum Gasteiger partial charge on any atom is 0.265 e. The normalized spacial score (nSPS) is 15.1. The minimum absolute atomic E-state index is 0.000636. The van der Waals surface area contributed by atoms with Gasteiger partial charge in [0.25, 0.3) is 5.91 Å². The van der Waals surface area contributed by atoms with Crippen LogP contribution in [0.15, 0.2) is 47.8 Å². The van der Waals surface area contributed by atoms with E-state index in [-0.39, 0.29) is 17.6 Å². The van der Waals surface area contributed by atoms with Crippen molar-refractivity contribution in [2.75, 3.05) is 13.1 Å². The van der Waals surface area contributed by atoms with E-state index in [1.54, 1.807) is 11.3 Å². The van der Waals surface area contributed by atoms with Gasteiger partial charge in [0.1, 0.15) is 9.88 Å². The first-order chi connectivity index (χ1) is 13.1. The number of likely N-dealkylation sites (tertiary alicyclic amines) is 1. The summed E-state index contributed by atoms with van der Waals surface area (Å²) in [7, 11) is 0. The molecule has 27 heavy (non-hydrogen) atoms. The van der Waals surface area contributed by atoms with E-state index in [1.165, 1.54) is 11.3 Å². The van der Waals surface area contributed by atoms with Crippen LogP contribution in [0.25, 0.3) is 9.88 Å². The first-order valence-corrected chi connectivity index (χ1v) is 10.7. The van der Waals surface area contributed by atoms with Crippen LogP contribution in [-0.2, 0) is 0 Å². The molecule has 0 aliphatic carbocycles. The molecule has 4 nitrogen and oxygen atoms in total. The second-order valence-corrected chi connectivity index (χ2v) is 8.65. The van der Waals surface area contributed by atoms with Gasteiger partial charge in [0.2, 0.25) is 0 Å². The Hall–Kier alpha value is -2.31. The quantitative estimate of drug-likeness (QED) is 0.589. The molecule has 0 radical (unpaired) electrons. The number of hydrogen-bond donors (Lipinski definition) is 0. The van der Waals surface area contributed by atoms with Crippen LogP contribution in [-0.4, -0.2) is 34.7 Å². The fourth-order valence-electron chi connectivity index (χ4n) is 3.43. The Morgan fingerprint density at radius 2 is 1.81 bits per heavy atom. The highest BCUT2D eigenvalue weighted by Crippen LogP contribution is 2.32. The number of aryl methyl sites for hydroxylation is 1. The summed E-state index contributed by atoms with van der Waals surface area (Å²) in [5.41, 5.74) is 1.55. The van der Waals surface area contributed by atoms with Crippen LogP contribution in [0, 0.1) is 12.8 Å². The first kappa shape index (κ1) is 18.1. The highest BCUT2D eigenvalue weighted by Gasteiger charge is 2.30. The zero-order valence-corrected chi connectivity index (χ0v) is 16.7. The maximum atomic E-state index is 13.0. The molecule has 138 valence electrons. The van der Waals surface area contributed by atoms with E-state index < -0.39 is 0 Å². The number of carbonyl (C=O) groups is 2. The Bertz CT molecular complexity index is 940. The molecule has 1 saturated heterocycles. The molecular formula is C21H20N2O2S2. The predicted octanol–water partition coefficient (Wildman–Crippen LogP) is 4.92. The van der Waals surface area contributed by atoms with Gasteiger partial charge in [-0.2, -0.15) is 0 Å². The van der Waals surface area contributed by atoms with Gasteiger partial charge in [-0.1, -0.05) is 36.4 Å². The summed E-state index contributed by atoms with van der Waals surface area (Å²) in [6.07, 6.45) is 1.43. The Morgan fingerprint density at radius 1 is 1.07 bits per heavy atom. The van der Waals surface area contributed by atoms with Gasteiger partial charge in [-0.25, -0.2) is 4.98 Å². The Morgan fingerprint density at radius 3 is 2.48 bits per heavy atom. The molecule has 3 heterocycles. The lowest BCUT2D eigenvalue weighted by atomic mass is 9.89. The van der Waals surface area contributed by atoms with Crippen LogP contribution in [0.5, 0.6) is 0 Å². The molecule has 0 bridgehead atoms. The number of benzene rings is 1. The smallest absolute Gasteiger partial charge is 0.265 e. The van der Waals surface area contributed by atoms with Gasteiger partial charge in [0.05, 0.1) is 10.6 Å². The number of thiophene rings is 1. The second kappa shape index (κ2) is 7.74. The summed E-state index contributed by atoms with van der Waals surface area (Å²) in [6.45, 7) is 3.13. The minimum atomic E-state index is 0.000636. The zero-order valence-electron chi connectivity index (χ0n) is 15.1.